The van der Waals surface area contributed by atoms with Gasteiger partial charge in [0.1, 0.15) is 11.9 Å². The number of hydrogen-bond acceptors (Lipinski definition) is 3. The number of carbonyl (C=O) groups is 1. The Morgan fingerprint density at radius 3 is 2.82 bits per heavy atom. The molecular weight excluding hydrogens is 307 g/mol. The summed E-state index contributed by atoms with van der Waals surface area (Å²) < 4.78 is 39.1. The fourth-order valence-electron chi connectivity index (χ4n) is 2.65. The topological polar surface area (TPSA) is 66.5 Å². The minimum absolute atomic E-state index is 0.0457. The van der Waals surface area contributed by atoms with E-state index in [0.29, 0.717) is 31.4 Å². The molecule has 2 rings (SSSR count). The Kier molecular flexibility index (Phi) is 5.52. The molecule has 0 bridgehead atoms. The van der Waals surface area contributed by atoms with Crippen LogP contribution in [0, 0.1) is 5.82 Å². The van der Waals surface area contributed by atoms with Crippen LogP contribution in [0.15, 0.2) is 24.3 Å². The van der Waals surface area contributed by atoms with Gasteiger partial charge in [0.2, 0.25) is 15.9 Å². The van der Waals surface area contributed by atoms with Crippen molar-refractivity contribution in [2.24, 2.45) is 0 Å². The summed E-state index contributed by atoms with van der Waals surface area (Å²) in [4.78, 5) is 12.3. The maximum Gasteiger partial charge on any atom is 0.238 e. The van der Waals surface area contributed by atoms with Gasteiger partial charge in [0.25, 0.3) is 0 Å². The fourth-order valence-corrected chi connectivity index (χ4v) is 4.40. The smallest absolute Gasteiger partial charge is 0.238 e. The van der Waals surface area contributed by atoms with Gasteiger partial charge in [0.15, 0.2) is 0 Å². The second-order valence-electron chi connectivity index (χ2n) is 5.39. The van der Waals surface area contributed by atoms with Gasteiger partial charge >= 0.3 is 0 Å². The van der Waals surface area contributed by atoms with Crippen molar-refractivity contribution in [1.82, 2.24) is 9.62 Å². The molecule has 1 fully saturated rings. The Balaban J connectivity index is 2.01. The zero-order valence-corrected chi connectivity index (χ0v) is 13.4. The predicted octanol–water partition coefficient (Wildman–Crippen LogP) is 1.65. The molecule has 0 spiro atoms. The third kappa shape index (κ3) is 3.84. The van der Waals surface area contributed by atoms with E-state index in [4.69, 9.17) is 0 Å². The fraction of sp³-hybridized carbons (Fsp3) is 0.533. The molecule has 1 saturated heterocycles. The normalized spacial score (nSPS) is 19.3. The Morgan fingerprint density at radius 1 is 1.41 bits per heavy atom. The van der Waals surface area contributed by atoms with E-state index in [1.54, 1.807) is 25.1 Å². The lowest BCUT2D eigenvalue weighted by Gasteiger charge is -2.23. The molecule has 1 aromatic carbocycles. The van der Waals surface area contributed by atoms with Gasteiger partial charge in [-0.2, -0.15) is 4.31 Å². The number of sulfonamides is 1. The number of amides is 1. The molecule has 5 nitrogen and oxygen atoms in total. The van der Waals surface area contributed by atoms with E-state index in [9.17, 15) is 17.6 Å². The first-order valence-electron chi connectivity index (χ1n) is 7.46. The third-order valence-electron chi connectivity index (χ3n) is 3.74. The summed E-state index contributed by atoms with van der Waals surface area (Å²) in [5, 5.41) is 2.64. The van der Waals surface area contributed by atoms with Crippen LogP contribution in [0.1, 0.15) is 31.7 Å². The summed E-state index contributed by atoms with van der Waals surface area (Å²) in [6, 6.07) is 5.52. The zero-order chi connectivity index (χ0) is 16.2. The van der Waals surface area contributed by atoms with Gasteiger partial charge in [0, 0.05) is 18.7 Å². The number of nitrogens with one attached hydrogen (secondary N) is 1. The van der Waals surface area contributed by atoms with Crippen molar-refractivity contribution in [1.29, 1.82) is 0 Å². The van der Waals surface area contributed by atoms with Gasteiger partial charge in [-0.25, -0.2) is 12.8 Å². The lowest BCUT2D eigenvalue weighted by Crippen LogP contribution is -2.46. The van der Waals surface area contributed by atoms with E-state index >= 15 is 0 Å². The molecule has 1 aliphatic heterocycles. The van der Waals surface area contributed by atoms with E-state index in [1.807, 2.05) is 0 Å². The van der Waals surface area contributed by atoms with Gasteiger partial charge in [-0.05, 0) is 25.3 Å². The molecular formula is C15H21FN2O3S. The number of carbonyl (C=O) groups excluding carboxylic acids is 1. The summed E-state index contributed by atoms with van der Waals surface area (Å²) in [5.74, 6) is -0.700. The van der Waals surface area contributed by atoms with Gasteiger partial charge in [-0.15, -0.1) is 0 Å². The monoisotopic (exact) mass is 328 g/mol. The SMILES string of the molecule is CCCS(=O)(=O)N1CCCC1C(=O)NCc1ccccc1F. The number of rotatable bonds is 6. The van der Waals surface area contributed by atoms with E-state index < -0.39 is 16.1 Å². The maximum absolute atomic E-state index is 13.5. The molecule has 0 aliphatic carbocycles. The van der Waals surface area contributed by atoms with Crippen molar-refractivity contribution in [2.45, 2.75) is 38.8 Å². The molecule has 1 amide bonds. The van der Waals surface area contributed by atoms with Gasteiger partial charge in [0.05, 0.1) is 5.75 Å². The third-order valence-corrected chi connectivity index (χ3v) is 5.81. The summed E-state index contributed by atoms with van der Waals surface area (Å²) in [7, 11) is -3.40. The van der Waals surface area contributed by atoms with Crippen molar-refractivity contribution in [3.8, 4) is 0 Å². The minimum Gasteiger partial charge on any atom is -0.351 e. The molecule has 0 saturated carbocycles. The standard InChI is InChI=1S/C15H21FN2O3S/c1-2-10-22(20,21)18-9-5-8-14(18)15(19)17-11-12-6-3-4-7-13(12)16/h3-4,6-7,14H,2,5,8-11H2,1H3,(H,17,19). The Hall–Kier alpha value is -1.47. The summed E-state index contributed by atoms with van der Waals surface area (Å²) in [6.45, 7) is 2.23. The molecule has 1 N–H and O–H groups in total. The van der Waals surface area contributed by atoms with E-state index in [0.717, 1.165) is 0 Å². The molecule has 1 atom stereocenters. The van der Waals surface area contributed by atoms with Crippen LogP contribution in [0.2, 0.25) is 0 Å². The minimum atomic E-state index is -3.40. The van der Waals surface area contributed by atoms with E-state index in [-0.39, 0.29) is 24.0 Å². The highest BCUT2D eigenvalue weighted by Gasteiger charge is 2.37. The van der Waals surface area contributed by atoms with Crippen LogP contribution in [-0.4, -0.2) is 37.0 Å². The van der Waals surface area contributed by atoms with Crippen LogP contribution in [0.4, 0.5) is 4.39 Å². The van der Waals surface area contributed by atoms with Gasteiger partial charge in [-0.3, -0.25) is 4.79 Å². The highest BCUT2D eigenvalue weighted by atomic mass is 32.2. The lowest BCUT2D eigenvalue weighted by atomic mass is 10.2. The summed E-state index contributed by atoms with van der Waals surface area (Å²) >= 11 is 0. The van der Waals surface area contributed by atoms with Crippen LogP contribution in [-0.2, 0) is 21.4 Å². The van der Waals surface area contributed by atoms with Crippen LogP contribution >= 0.6 is 0 Å². The average molecular weight is 328 g/mol. The van der Waals surface area contributed by atoms with Crippen LogP contribution in [0.3, 0.4) is 0 Å². The predicted molar refractivity (Wildman–Crippen MR) is 82.1 cm³/mol. The molecule has 0 radical (unpaired) electrons. The van der Waals surface area contributed by atoms with E-state index in [2.05, 4.69) is 5.32 Å². The first-order chi connectivity index (χ1) is 10.5. The molecule has 1 heterocycles. The number of benzene rings is 1. The summed E-state index contributed by atoms with van der Waals surface area (Å²) in [6.07, 6.45) is 1.69. The highest BCUT2D eigenvalue weighted by Crippen LogP contribution is 2.22. The Labute approximate surface area is 130 Å². The lowest BCUT2D eigenvalue weighted by molar-refractivity contribution is -0.124. The highest BCUT2D eigenvalue weighted by molar-refractivity contribution is 7.89. The summed E-state index contributed by atoms with van der Waals surface area (Å²) in [5.41, 5.74) is 0.386. The quantitative estimate of drug-likeness (QED) is 0.863. The zero-order valence-electron chi connectivity index (χ0n) is 12.6. The number of hydrogen-bond donors (Lipinski definition) is 1. The van der Waals surface area contributed by atoms with Crippen LogP contribution in [0.5, 0.6) is 0 Å². The molecule has 22 heavy (non-hydrogen) atoms. The average Bonchev–Trinajstić information content (AvgIpc) is 2.96. The maximum atomic E-state index is 13.5. The number of nitrogens with zero attached hydrogens (tertiary/aromatic N) is 1. The van der Waals surface area contributed by atoms with Gasteiger partial charge in [-0.1, -0.05) is 25.1 Å². The second kappa shape index (κ2) is 7.19. The van der Waals surface area contributed by atoms with Crippen molar-refractivity contribution in [3.05, 3.63) is 35.6 Å². The Bertz CT molecular complexity index is 633. The molecule has 1 unspecified atom stereocenters. The van der Waals surface area contributed by atoms with Crippen molar-refractivity contribution in [3.63, 3.8) is 0 Å². The van der Waals surface area contributed by atoms with Crippen molar-refractivity contribution >= 4 is 15.9 Å². The first kappa shape index (κ1) is 16.9. The van der Waals surface area contributed by atoms with Crippen molar-refractivity contribution in [2.75, 3.05) is 12.3 Å². The largest absolute Gasteiger partial charge is 0.351 e. The van der Waals surface area contributed by atoms with Crippen LogP contribution in [0.25, 0.3) is 0 Å². The second-order valence-corrected chi connectivity index (χ2v) is 7.44. The molecule has 1 aliphatic rings. The molecule has 7 heteroatoms. The van der Waals surface area contributed by atoms with Gasteiger partial charge < -0.3 is 5.32 Å². The first-order valence-corrected chi connectivity index (χ1v) is 9.07. The van der Waals surface area contributed by atoms with Crippen molar-refractivity contribution < 1.29 is 17.6 Å². The number of halogens is 1. The molecule has 0 aromatic heterocycles. The van der Waals surface area contributed by atoms with E-state index in [1.165, 1.54) is 10.4 Å². The Morgan fingerprint density at radius 2 is 2.14 bits per heavy atom. The molecule has 122 valence electrons. The van der Waals surface area contributed by atoms with Crippen LogP contribution < -0.4 is 5.32 Å². The molecule has 1 aromatic rings.